The van der Waals surface area contributed by atoms with Crippen LogP contribution in [0.3, 0.4) is 0 Å². The second kappa shape index (κ2) is 7.96. The van der Waals surface area contributed by atoms with E-state index < -0.39 is 10.0 Å². The number of hydrogen-bond acceptors (Lipinski definition) is 5. The highest BCUT2D eigenvalue weighted by Gasteiger charge is 2.36. The van der Waals surface area contributed by atoms with Gasteiger partial charge in [0.25, 0.3) is 0 Å². The fourth-order valence-corrected chi connectivity index (χ4v) is 5.64. The topological polar surface area (TPSA) is 93.3 Å². The van der Waals surface area contributed by atoms with Crippen molar-refractivity contribution in [1.29, 1.82) is 0 Å². The third-order valence-corrected chi connectivity index (χ3v) is 7.95. The van der Waals surface area contributed by atoms with Crippen molar-refractivity contribution in [2.24, 2.45) is 20.0 Å². The Bertz CT molecular complexity index is 964. The summed E-state index contributed by atoms with van der Waals surface area (Å²) in [6, 6.07) is 0. The number of piperidine rings is 1. The van der Waals surface area contributed by atoms with Gasteiger partial charge in [0.2, 0.25) is 15.9 Å². The SMILES string of the molecule is Cc1c(S(=O)(=O)N2CCC[C@@H](C(=O)N(C)Cc3c(Br)cnn3C)C2)cnn1C. The quantitative estimate of drug-likeness (QED) is 0.653. The first-order valence-corrected chi connectivity index (χ1v) is 11.3. The van der Waals surface area contributed by atoms with Gasteiger partial charge in [0, 0.05) is 34.2 Å². The van der Waals surface area contributed by atoms with E-state index in [9.17, 15) is 13.2 Å². The first-order chi connectivity index (χ1) is 13.1. The molecule has 0 N–H and O–H groups in total. The maximum absolute atomic E-state index is 13.0. The summed E-state index contributed by atoms with van der Waals surface area (Å²) in [7, 11) is 1.60. The van der Waals surface area contributed by atoms with Crippen molar-refractivity contribution >= 4 is 31.9 Å². The molecule has 0 aliphatic carbocycles. The molecule has 0 bridgehead atoms. The van der Waals surface area contributed by atoms with Crippen molar-refractivity contribution in [2.45, 2.75) is 31.2 Å². The van der Waals surface area contributed by atoms with Crippen LogP contribution in [-0.2, 0) is 35.5 Å². The molecule has 11 heteroatoms. The van der Waals surface area contributed by atoms with Gasteiger partial charge < -0.3 is 4.90 Å². The molecule has 3 heterocycles. The zero-order valence-corrected chi connectivity index (χ0v) is 18.9. The van der Waals surface area contributed by atoms with Gasteiger partial charge in [0.15, 0.2) is 0 Å². The standard InChI is InChI=1S/C17H25BrN6O3S/c1-12-16(9-20-22(12)3)28(26,27)24-7-5-6-13(10-24)17(25)21(2)11-15-14(18)8-19-23(15)4/h8-9,13H,5-7,10-11H2,1-4H3/t13-/m1/s1. The third kappa shape index (κ3) is 3.87. The lowest BCUT2D eigenvalue weighted by Gasteiger charge is -2.33. The molecule has 0 saturated carbocycles. The fourth-order valence-electron chi connectivity index (χ4n) is 3.46. The summed E-state index contributed by atoms with van der Waals surface area (Å²) < 4.78 is 31.6. The van der Waals surface area contributed by atoms with Crippen molar-refractivity contribution in [2.75, 3.05) is 20.1 Å². The van der Waals surface area contributed by atoms with Gasteiger partial charge in [-0.2, -0.15) is 14.5 Å². The van der Waals surface area contributed by atoms with Gasteiger partial charge in [-0.15, -0.1) is 0 Å². The third-order valence-electron chi connectivity index (χ3n) is 5.32. The highest BCUT2D eigenvalue weighted by Crippen LogP contribution is 2.27. The summed E-state index contributed by atoms with van der Waals surface area (Å²) in [5.41, 5.74) is 1.48. The van der Waals surface area contributed by atoms with Gasteiger partial charge >= 0.3 is 0 Å². The lowest BCUT2D eigenvalue weighted by molar-refractivity contribution is -0.136. The second-order valence-electron chi connectivity index (χ2n) is 7.18. The van der Waals surface area contributed by atoms with Crippen LogP contribution in [0.15, 0.2) is 21.8 Å². The van der Waals surface area contributed by atoms with Crippen LogP contribution < -0.4 is 0 Å². The van der Waals surface area contributed by atoms with E-state index in [-0.39, 0.29) is 23.3 Å². The minimum Gasteiger partial charge on any atom is -0.340 e. The number of rotatable bonds is 5. The molecule has 154 valence electrons. The average Bonchev–Trinajstić information content (AvgIpc) is 3.17. The number of aromatic nitrogens is 4. The zero-order valence-electron chi connectivity index (χ0n) is 16.5. The number of carbonyl (C=O) groups is 1. The van der Waals surface area contributed by atoms with Crippen molar-refractivity contribution in [3.8, 4) is 0 Å². The minimum atomic E-state index is -3.67. The lowest BCUT2D eigenvalue weighted by atomic mass is 9.98. The smallest absolute Gasteiger partial charge is 0.246 e. The molecule has 0 unspecified atom stereocenters. The Morgan fingerprint density at radius 1 is 1.29 bits per heavy atom. The second-order valence-corrected chi connectivity index (χ2v) is 9.94. The molecule has 2 aromatic rings. The molecular weight excluding hydrogens is 448 g/mol. The molecule has 1 saturated heterocycles. The molecule has 0 spiro atoms. The molecular formula is C17H25BrN6O3S. The predicted octanol–water partition coefficient (Wildman–Crippen LogP) is 1.28. The maximum Gasteiger partial charge on any atom is 0.246 e. The van der Waals surface area contributed by atoms with E-state index in [1.807, 2.05) is 7.05 Å². The van der Waals surface area contributed by atoms with E-state index in [0.29, 0.717) is 31.6 Å². The van der Waals surface area contributed by atoms with Crippen molar-refractivity contribution in [3.63, 3.8) is 0 Å². The number of sulfonamides is 1. The molecule has 0 aromatic carbocycles. The molecule has 3 rings (SSSR count). The molecule has 1 aliphatic rings. The van der Waals surface area contributed by atoms with Crippen LogP contribution in [0.5, 0.6) is 0 Å². The highest BCUT2D eigenvalue weighted by molar-refractivity contribution is 9.10. The summed E-state index contributed by atoms with van der Waals surface area (Å²) in [6.07, 6.45) is 4.40. The largest absolute Gasteiger partial charge is 0.340 e. The first kappa shape index (κ1) is 21.0. The van der Waals surface area contributed by atoms with E-state index >= 15 is 0 Å². The Morgan fingerprint density at radius 2 is 1.96 bits per heavy atom. The maximum atomic E-state index is 13.0. The van der Waals surface area contributed by atoms with Crippen LogP contribution in [0.1, 0.15) is 24.2 Å². The number of halogens is 1. The first-order valence-electron chi connectivity index (χ1n) is 9.03. The van der Waals surface area contributed by atoms with E-state index in [0.717, 1.165) is 10.2 Å². The lowest BCUT2D eigenvalue weighted by Crippen LogP contribution is -2.45. The number of carbonyl (C=O) groups excluding carboxylic acids is 1. The summed E-state index contributed by atoms with van der Waals surface area (Å²) in [4.78, 5) is 14.8. The minimum absolute atomic E-state index is 0.0593. The van der Waals surface area contributed by atoms with Crippen LogP contribution in [0.4, 0.5) is 0 Å². The molecule has 28 heavy (non-hydrogen) atoms. The molecule has 2 aromatic heterocycles. The van der Waals surface area contributed by atoms with Crippen LogP contribution >= 0.6 is 15.9 Å². The van der Waals surface area contributed by atoms with Gasteiger partial charge in [-0.25, -0.2) is 8.42 Å². The van der Waals surface area contributed by atoms with E-state index in [2.05, 4.69) is 26.1 Å². The number of hydrogen-bond donors (Lipinski definition) is 0. The fraction of sp³-hybridized carbons (Fsp3) is 0.588. The normalized spacial score (nSPS) is 18.4. The monoisotopic (exact) mass is 472 g/mol. The van der Waals surface area contributed by atoms with Gasteiger partial charge in [-0.1, -0.05) is 0 Å². The van der Waals surface area contributed by atoms with Crippen LogP contribution in [0, 0.1) is 12.8 Å². The zero-order chi connectivity index (χ0) is 20.6. The van der Waals surface area contributed by atoms with Gasteiger partial charge in [-0.3, -0.25) is 14.2 Å². The summed E-state index contributed by atoms with van der Waals surface area (Å²) in [6.45, 7) is 2.73. The van der Waals surface area contributed by atoms with Gasteiger partial charge in [0.05, 0.1) is 40.7 Å². The van der Waals surface area contributed by atoms with E-state index in [1.165, 1.54) is 10.5 Å². The molecule has 1 aliphatic heterocycles. The van der Waals surface area contributed by atoms with E-state index in [1.54, 1.807) is 41.5 Å². The summed E-state index contributed by atoms with van der Waals surface area (Å²) in [5, 5.41) is 8.21. The Labute approximate surface area is 173 Å². The van der Waals surface area contributed by atoms with Gasteiger partial charge in [0.1, 0.15) is 4.90 Å². The summed E-state index contributed by atoms with van der Waals surface area (Å²) in [5.74, 6) is -0.423. The molecule has 0 radical (unpaired) electrons. The van der Waals surface area contributed by atoms with Crippen LogP contribution in [-0.4, -0.2) is 63.2 Å². The van der Waals surface area contributed by atoms with Crippen LogP contribution in [0.2, 0.25) is 0 Å². The van der Waals surface area contributed by atoms with E-state index in [4.69, 9.17) is 0 Å². The predicted molar refractivity (Wildman–Crippen MR) is 107 cm³/mol. The molecule has 1 amide bonds. The Morgan fingerprint density at radius 3 is 2.54 bits per heavy atom. The van der Waals surface area contributed by atoms with Crippen molar-refractivity contribution < 1.29 is 13.2 Å². The van der Waals surface area contributed by atoms with Crippen molar-refractivity contribution in [1.82, 2.24) is 28.8 Å². The van der Waals surface area contributed by atoms with Crippen LogP contribution in [0.25, 0.3) is 0 Å². The Hall–Kier alpha value is -1.72. The Balaban J connectivity index is 1.74. The average molecular weight is 473 g/mol. The van der Waals surface area contributed by atoms with Gasteiger partial charge in [-0.05, 0) is 35.7 Å². The highest BCUT2D eigenvalue weighted by atomic mass is 79.9. The Kier molecular flexibility index (Phi) is 5.97. The number of aryl methyl sites for hydroxylation is 2. The molecule has 1 atom stereocenters. The molecule has 9 nitrogen and oxygen atoms in total. The summed E-state index contributed by atoms with van der Waals surface area (Å²) >= 11 is 3.44. The number of amides is 1. The molecule has 1 fully saturated rings. The van der Waals surface area contributed by atoms with Crippen molar-refractivity contribution in [3.05, 3.63) is 28.3 Å². The number of nitrogens with zero attached hydrogens (tertiary/aromatic N) is 6.